The Hall–Kier alpha value is -1.58. The number of nitrogens with one attached hydrogen (secondary N) is 2. The Morgan fingerprint density at radius 1 is 1.44 bits per heavy atom. The zero-order valence-corrected chi connectivity index (χ0v) is 9.66. The van der Waals surface area contributed by atoms with Gasteiger partial charge in [0.05, 0.1) is 0 Å². The number of carbonyl (C=O) groups excluding carboxylic acids is 1. The minimum Gasteiger partial charge on any atom is -0.373 e. The molecule has 0 radical (unpaired) electrons. The van der Waals surface area contributed by atoms with Gasteiger partial charge in [-0.15, -0.1) is 0 Å². The second-order valence-electron chi connectivity index (χ2n) is 4.41. The van der Waals surface area contributed by atoms with Crippen LogP contribution >= 0.6 is 0 Å². The van der Waals surface area contributed by atoms with Crippen LogP contribution in [0, 0.1) is 5.92 Å². The van der Waals surface area contributed by atoms with Gasteiger partial charge in [0.25, 0.3) is 5.91 Å². The molecule has 2 rings (SSSR count). The zero-order valence-electron chi connectivity index (χ0n) is 9.66. The highest BCUT2D eigenvalue weighted by molar-refractivity contribution is 5.92. The summed E-state index contributed by atoms with van der Waals surface area (Å²) in [4.78, 5) is 16.0. The van der Waals surface area contributed by atoms with E-state index in [1.54, 1.807) is 13.1 Å². The molecule has 0 aromatic carbocycles. The summed E-state index contributed by atoms with van der Waals surface area (Å²) in [5, 5.41) is 5.90. The largest absolute Gasteiger partial charge is 0.373 e. The highest BCUT2D eigenvalue weighted by Gasteiger charge is 2.27. The van der Waals surface area contributed by atoms with Crippen molar-refractivity contribution < 1.29 is 4.79 Å². The van der Waals surface area contributed by atoms with Crippen molar-refractivity contribution in [3.63, 3.8) is 0 Å². The van der Waals surface area contributed by atoms with E-state index in [2.05, 4.69) is 22.5 Å². The van der Waals surface area contributed by atoms with Crippen molar-refractivity contribution in [3.05, 3.63) is 23.9 Å². The maximum absolute atomic E-state index is 11.8. The lowest BCUT2D eigenvalue weighted by molar-refractivity contribution is 0.0891. The van der Waals surface area contributed by atoms with Gasteiger partial charge in [-0.3, -0.25) is 4.79 Å². The molecule has 4 nitrogen and oxygen atoms in total. The molecule has 1 aliphatic carbocycles. The summed E-state index contributed by atoms with van der Waals surface area (Å²) in [7, 11) is 1.79. The average Bonchev–Trinajstić information content (AvgIpc) is 2.27. The van der Waals surface area contributed by atoms with E-state index in [-0.39, 0.29) is 5.91 Å². The van der Waals surface area contributed by atoms with Crippen molar-refractivity contribution in [3.8, 4) is 0 Å². The van der Waals surface area contributed by atoms with E-state index in [1.807, 2.05) is 12.1 Å². The Labute approximate surface area is 95.5 Å². The van der Waals surface area contributed by atoms with E-state index in [4.69, 9.17) is 0 Å². The topological polar surface area (TPSA) is 54.0 Å². The highest BCUT2D eigenvalue weighted by atomic mass is 16.1. The molecule has 1 aliphatic rings. The van der Waals surface area contributed by atoms with Gasteiger partial charge in [-0.05, 0) is 30.9 Å². The van der Waals surface area contributed by atoms with Gasteiger partial charge < -0.3 is 10.6 Å². The summed E-state index contributed by atoms with van der Waals surface area (Å²) in [6.45, 7) is 2.20. The maximum atomic E-state index is 11.8. The molecule has 1 amide bonds. The fourth-order valence-corrected chi connectivity index (χ4v) is 1.98. The van der Waals surface area contributed by atoms with Crippen molar-refractivity contribution >= 4 is 11.7 Å². The molecule has 1 heterocycles. The summed E-state index contributed by atoms with van der Waals surface area (Å²) in [6.07, 6.45) is 2.16. The van der Waals surface area contributed by atoms with Crippen LogP contribution in [0.4, 0.5) is 5.82 Å². The van der Waals surface area contributed by atoms with Crippen LogP contribution in [0.3, 0.4) is 0 Å². The standard InChI is InChI=1S/C12H17N3O/c1-8-6-9(7-8)14-12(16)10-4-3-5-11(13-2)15-10/h3-5,8-9H,6-7H2,1-2H3,(H,13,15)(H,14,16). The molecular formula is C12H17N3O. The quantitative estimate of drug-likeness (QED) is 0.812. The van der Waals surface area contributed by atoms with E-state index in [9.17, 15) is 4.79 Å². The molecule has 0 unspecified atom stereocenters. The van der Waals surface area contributed by atoms with Gasteiger partial charge in [0.1, 0.15) is 11.5 Å². The van der Waals surface area contributed by atoms with Crippen LogP contribution in [0.25, 0.3) is 0 Å². The van der Waals surface area contributed by atoms with E-state index < -0.39 is 0 Å². The number of hydrogen-bond donors (Lipinski definition) is 2. The Bertz CT molecular complexity index is 386. The Kier molecular flexibility index (Phi) is 3.08. The lowest BCUT2D eigenvalue weighted by atomic mass is 9.82. The molecule has 0 bridgehead atoms. The molecule has 1 aromatic heterocycles. The Balaban J connectivity index is 1.97. The monoisotopic (exact) mass is 219 g/mol. The molecular weight excluding hydrogens is 202 g/mol. The fourth-order valence-electron chi connectivity index (χ4n) is 1.98. The third kappa shape index (κ3) is 2.32. The first-order valence-electron chi connectivity index (χ1n) is 5.64. The molecule has 0 aliphatic heterocycles. The summed E-state index contributed by atoms with van der Waals surface area (Å²) < 4.78 is 0. The van der Waals surface area contributed by atoms with Crippen molar-refractivity contribution in [2.75, 3.05) is 12.4 Å². The van der Waals surface area contributed by atoms with Crippen LogP contribution < -0.4 is 10.6 Å². The third-order valence-corrected chi connectivity index (χ3v) is 2.95. The molecule has 4 heteroatoms. The van der Waals surface area contributed by atoms with Gasteiger partial charge in [-0.2, -0.15) is 0 Å². The number of hydrogen-bond acceptors (Lipinski definition) is 3. The lowest BCUT2D eigenvalue weighted by Gasteiger charge is -2.33. The zero-order chi connectivity index (χ0) is 11.5. The van der Waals surface area contributed by atoms with Gasteiger partial charge in [-0.25, -0.2) is 4.98 Å². The van der Waals surface area contributed by atoms with Gasteiger partial charge in [0.15, 0.2) is 0 Å². The number of anilines is 1. The van der Waals surface area contributed by atoms with Crippen molar-refractivity contribution in [2.24, 2.45) is 5.92 Å². The number of nitrogens with zero attached hydrogens (tertiary/aromatic N) is 1. The predicted octanol–water partition coefficient (Wildman–Crippen LogP) is 1.65. The first-order valence-corrected chi connectivity index (χ1v) is 5.64. The van der Waals surface area contributed by atoms with Crippen LogP contribution in [0.15, 0.2) is 18.2 Å². The number of amides is 1. The summed E-state index contributed by atoms with van der Waals surface area (Å²) in [5.41, 5.74) is 0.478. The molecule has 0 saturated heterocycles. The van der Waals surface area contributed by atoms with E-state index in [0.717, 1.165) is 24.6 Å². The fraction of sp³-hybridized carbons (Fsp3) is 0.500. The summed E-state index contributed by atoms with van der Waals surface area (Å²) >= 11 is 0. The van der Waals surface area contributed by atoms with Crippen molar-refractivity contribution in [2.45, 2.75) is 25.8 Å². The molecule has 86 valence electrons. The minimum absolute atomic E-state index is 0.0750. The first-order chi connectivity index (χ1) is 7.69. The normalized spacial score (nSPS) is 23.4. The van der Waals surface area contributed by atoms with Crippen LogP contribution in [0.5, 0.6) is 0 Å². The van der Waals surface area contributed by atoms with Crippen LogP contribution in [-0.4, -0.2) is 24.0 Å². The summed E-state index contributed by atoms with van der Waals surface area (Å²) in [6, 6.07) is 5.74. The van der Waals surface area contributed by atoms with Crippen LogP contribution in [0.2, 0.25) is 0 Å². The molecule has 1 aromatic rings. The highest BCUT2D eigenvalue weighted by Crippen LogP contribution is 2.26. The third-order valence-electron chi connectivity index (χ3n) is 2.95. The van der Waals surface area contributed by atoms with Crippen molar-refractivity contribution in [1.29, 1.82) is 0 Å². The van der Waals surface area contributed by atoms with Crippen LogP contribution in [0.1, 0.15) is 30.3 Å². The Morgan fingerprint density at radius 3 is 2.81 bits per heavy atom. The minimum atomic E-state index is -0.0750. The SMILES string of the molecule is CNc1cccc(C(=O)NC2CC(C)C2)n1. The molecule has 0 atom stereocenters. The van der Waals surface area contributed by atoms with Crippen LogP contribution in [-0.2, 0) is 0 Å². The molecule has 1 fully saturated rings. The van der Waals surface area contributed by atoms with Crippen molar-refractivity contribution in [1.82, 2.24) is 10.3 Å². The van der Waals surface area contributed by atoms with E-state index >= 15 is 0 Å². The molecule has 2 N–H and O–H groups in total. The number of rotatable bonds is 3. The van der Waals surface area contributed by atoms with Gasteiger partial charge in [-0.1, -0.05) is 13.0 Å². The maximum Gasteiger partial charge on any atom is 0.270 e. The number of pyridine rings is 1. The summed E-state index contributed by atoms with van der Waals surface area (Å²) in [5.74, 6) is 1.38. The van der Waals surface area contributed by atoms with Gasteiger partial charge in [0, 0.05) is 13.1 Å². The number of aromatic nitrogens is 1. The first kappa shape index (κ1) is 10.9. The second-order valence-corrected chi connectivity index (χ2v) is 4.41. The van der Waals surface area contributed by atoms with Gasteiger partial charge >= 0.3 is 0 Å². The molecule has 0 spiro atoms. The second kappa shape index (κ2) is 4.51. The lowest BCUT2D eigenvalue weighted by Crippen LogP contribution is -2.43. The van der Waals surface area contributed by atoms with Gasteiger partial charge in [0.2, 0.25) is 0 Å². The molecule has 16 heavy (non-hydrogen) atoms. The smallest absolute Gasteiger partial charge is 0.270 e. The van der Waals surface area contributed by atoms with E-state index in [0.29, 0.717) is 11.7 Å². The Morgan fingerprint density at radius 2 is 2.19 bits per heavy atom. The van der Waals surface area contributed by atoms with E-state index in [1.165, 1.54) is 0 Å². The number of carbonyl (C=O) groups is 1. The molecule has 1 saturated carbocycles. The average molecular weight is 219 g/mol. The predicted molar refractivity (Wildman–Crippen MR) is 63.4 cm³/mol.